The molecule has 0 aliphatic carbocycles. The van der Waals surface area contributed by atoms with Gasteiger partial charge in [-0.25, -0.2) is 0 Å². The highest BCUT2D eigenvalue weighted by Crippen LogP contribution is 2.31. The molecule has 0 N–H and O–H groups in total. The largest absolute Gasteiger partial charge is 0.299 e. The van der Waals surface area contributed by atoms with Crippen molar-refractivity contribution in [2.45, 2.75) is 33.7 Å². The first kappa shape index (κ1) is 16.9. The lowest BCUT2D eigenvalue weighted by molar-refractivity contribution is 0.158. The van der Waals surface area contributed by atoms with Gasteiger partial charge in [-0.05, 0) is 42.7 Å². The lowest BCUT2D eigenvalue weighted by Gasteiger charge is -2.35. The van der Waals surface area contributed by atoms with Crippen LogP contribution in [0.4, 0.5) is 0 Å². The fourth-order valence-electron chi connectivity index (χ4n) is 2.16. The Hall–Kier alpha value is -0.180. The number of thiol groups is 1. The lowest BCUT2D eigenvalue weighted by atomic mass is 9.81. The number of halogens is 1. The van der Waals surface area contributed by atoms with E-state index in [0.717, 1.165) is 17.3 Å². The third kappa shape index (κ3) is 4.70. The Kier molecular flexibility index (Phi) is 6.22. The summed E-state index contributed by atoms with van der Waals surface area (Å²) in [6.45, 7) is 10.1. The first-order valence-corrected chi connectivity index (χ1v) is 7.84. The molecule has 1 rings (SSSR count). The minimum Gasteiger partial charge on any atom is -0.299 e. The molecule has 0 aromatic heterocycles. The molecule has 1 aromatic rings. The monoisotopic (exact) mass is 299 g/mol. The van der Waals surface area contributed by atoms with E-state index in [1.807, 2.05) is 18.2 Å². The van der Waals surface area contributed by atoms with Gasteiger partial charge < -0.3 is 0 Å². The zero-order valence-electron chi connectivity index (χ0n) is 12.7. The summed E-state index contributed by atoms with van der Waals surface area (Å²) in [4.78, 5) is 2.37. The van der Waals surface area contributed by atoms with E-state index in [2.05, 4.69) is 58.3 Å². The number of hydrogen-bond acceptors (Lipinski definition) is 2. The van der Waals surface area contributed by atoms with Crippen molar-refractivity contribution in [3.63, 3.8) is 0 Å². The molecule has 108 valence electrons. The van der Waals surface area contributed by atoms with Crippen LogP contribution in [-0.4, -0.2) is 24.2 Å². The van der Waals surface area contributed by atoms with Crippen LogP contribution in [0.25, 0.3) is 0 Å². The van der Waals surface area contributed by atoms with Crippen LogP contribution in [0, 0.1) is 11.3 Å². The van der Waals surface area contributed by atoms with Crippen LogP contribution in [0.5, 0.6) is 0 Å². The Balaban J connectivity index is 2.78. The average molecular weight is 300 g/mol. The van der Waals surface area contributed by atoms with E-state index in [0.29, 0.717) is 12.0 Å². The molecule has 0 spiro atoms. The summed E-state index contributed by atoms with van der Waals surface area (Å²) >= 11 is 10.8. The summed E-state index contributed by atoms with van der Waals surface area (Å²) in [6, 6.07) is 8.41. The summed E-state index contributed by atoms with van der Waals surface area (Å²) in [5, 5.41) is 0.847. The van der Waals surface area contributed by atoms with Crippen molar-refractivity contribution in [3.8, 4) is 0 Å². The summed E-state index contributed by atoms with van der Waals surface area (Å²) < 4.78 is 0. The zero-order chi connectivity index (χ0) is 14.6. The summed E-state index contributed by atoms with van der Waals surface area (Å²) in [6.07, 6.45) is 0. The van der Waals surface area contributed by atoms with Crippen LogP contribution in [0.3, 0.4) is 0 Å². The fourth-order valence-corrected chi connectivity index (χ4v) is 3.12. The second-order valence-electron chi connectivity index (χ2n) is 6.38. The minimum atomic E-state index is 0.274. The van der Waals surface area contributed by atoms with Gasteiger partial charge in [-0.1, -0.05) is 50.6 Å². The van der Waals surface area contributed by atoms with Crippen LogP contribution in [0.15, 0.2) is 24.3 Å². The van der Waals surface area contributed by atoms with E-state index < -0.39 is 0 Å². The fraction of sp³-hybridized carbons (Fsp3) is 0.625. The van der Waals surface area contributed by atoms with Gasteiger partial charge in [0.25, 0.3) is 0 Å². The molecule has 19 heavy (non-hydrogen) atoms. The Morgan fingerprint density at radius 1 is 1.26 bits per heavy atom. The highest BCUT2D eigenvalue weighted by atomic mass is 35.5. The van der Waals surface area contributed by atoms with Crippen molar-refractivity contribution < 1.29 is 0 Å². The SMILES string of the molecule is CC(c1ccccc1Cl)N(C)CC(CS)C(C)(C)C. The maximum absolute atomic E-state index is 6.28. The van der Waals surface area contributed by atoms with Gasteiger partial charge in [0, 0.05) is 17.6 Å². The second-order valence-corrected chi connectivity index (χ2v) is 7.15. The lowest BCUT2D eigenvalue weighted by Crippen LogP contribution is -2.35. The van der Waals surface area contributed by atoms with Crippen molar-refractivity contribution in [3.05, 3.63) is 34.9 Å². The third-order valence-electron chi connectivity index (χ3n) is 3.97. The van der Waals surface area contributed by atoms with Gasteiger partial charge in [0.05, 0.1) is 0 Å². The number of benzene rings is 1. The van der Waals surface area contributed by atoms with Crippen molar-refractivity contribution in [1.29, 1.82) is 0 Å². The van der Waals surface area contributed by atoms with Crippen molar-refractivity contribution in [1.82, 2.24) is 4.90 Å². The molecule has 1 nitrogen and oxygen atoms in total. The van der Waals surface area contributed by atoms with Crippen LogP contribution in [0.2, 0.25) is 5.02 Å². The molecule has 2 unspecified atom stereocenters. The van der Waals surface area contributed by atoms with E-state index >= 15 is 0 Å². The van der Waals surface area contributed by atoms with Gasteiger partial charge in [0.2, 0.25) is 0 Å². The quantitative estimate of drug-likeness (QED) is 0.755. The second kappa shape index (κ2) is 7.01. The highest BCUT2D eigenvalue weighted by Gasteiger charge is 2.26. The maximum atomic E-state index is 6.28. The molecule has 3 heteroatoms. The molecule has 0 saturated heterocycles. The number of rotatable bonds is 5. The Morgan fingerprint density at radius 3 is 2.32 bits per heavy atom. The van der Waals surface area contributed by atoms with Crippen molar-refractivity contribution in [2.24, 2.45) is 11.3 Å². The number of hydrogen-bond donors (Lipinski definition) is 1. The number of nitrogens with zero attached hydrogens (tertiary/aromatic N) is 1. The normalized spacial score (nSPS) is 15.6. The molecule has 0 aliphatic heterocycles. The van der Waals surface area contributed by atoms with Crippen LogP contribution >= 0.6 is 24.2 Å². The topological polar surface area (TPSA) is 3.24 Å². The van der Waals surface area contributed by atoms with E-state index in [-0.39, 0.29) is 5.41 Å². The summed E-state index contributed by atoms with van der Waals surface area (Å²) in [5.41, 5.74) is 1.47. The van der Waals surface area contributed by atoms with Gasteiger partial charge in [-0.15, -0.1) is 0 Å². The summed E-state index contributed by atoms with van der Waals surface area (Å²) in [5.74, 6) is 1.47. The zero-order valence-corrected chi connectivity index (χ0v) is 14.3. The smallest absolute Gasteiger partial charge is 0.0453 e. The van der Waals surface area contributed by atoms with E-state index in [9.17, 15) is 0 Å². The third-order valence-corrected chi connectivity index (χ3v) is 4.75. The van der Waals surface area contributed by atoms with Crippen molar-refractivity contribution >= 4 is 24.2 Å². The van der Waals surface area contributed by atoms with Gasteiger partial charge in [0.1, 0.15) is 0 Å². The molecular weight excluding hydrogens is 274 g/mol. The molecule has 0 saturated carbocycles. The maximum Gasteiger partial charge on any atom is 0.0453 e. The molecule has 0 amide bonds. The Morgan fingerprint density at radius 2 is 1.84 bits per heavy atom. The first-order valence-electron chi connectivity index (χ1n) is 6.83. The highest BCUT2D eigenvalue weighted by molar-refractivity contribution is 7.80. The first-order chi connectivity index (χ1) is 8.77. The summed E-state index contributed by atoms with van der Waals surface area (Å²) in [7, 11) is 2.16. The molecule has 2 atom stereocenters. The van der Waals surface area contributed by atoms with Crippen molar-refractivity contribution in [2.75, 3.05) is 19.3 Å². The molecular formula is C16H26ClNS. The molecule has 0 aliphatic rings. The minimum absolute atomic E-state index is 0.274. The van der Waals surface area contributed by atoms with Gasteiger partial charge in [-0.2, -0.15) is 12.6 Å². The Labute approximate surface area is 128 Å². The predicted octanol–water partition coefficient (Wildman–Crippen LogP) is 4.92. The van der Waals surface area contributed by atoms with Crippen LogP contribution in [0.1, 0.15) is 39.3 Å². The molecule has 0 radical (unpaired) electrons. The molecule has 1 aromatic carbocycles. The van der Waals surface area contributed by atoms with Gasteiger partial charge >= 0.3 is 0 Å². The van der Waals surface area contributed by atoms with E-state index in [1.54, 1.807) is 0 Å². The van der Waals surface area contributed by atoms with Gasteiger partial charge in [-0.3, -0.25) is 4.90 Å². The molecule has 0 heterocycles. The standard InChI is InChI=1S/C16H26ClNS/c1-12(14-8-6-7-9-15(14)17)18(5)10-13(11-19)16(2,3)4/h6-9,12-13,19H,10-11H2,1-5H3. The Bertz CT molecular complexity index is 400. The van der Waals surface area contributed by atoms with Crippen LogP contribution < -0.4 is 0 Å². The molecule has 0 fully saturated rings. The van der Waals surface area contributed by atoms with Gasteiger partial charge in [0.15, 0.2) is 0 Å². The predicted molar refractivity (Wildman–Crippen MR) is 89.3 cm³/mol. The van der Waals surface area contributed by atoms with E-state index in [4.69, 9.17) is 11.6 Å². The van der Waals surface area contributed by atoms with Crippen LogP contribution in [-0.2, 0) is 0 Å². The molecule has 0 bridgehead atoms. The van der Waals surface area contributed by atoms with E-state index in [1.165, 1.54) is 5.56 Å². The average Bonchev–Trinajstić information content (AvgIpc) is 2.34.